The molecule has 0 radical (unpaired) electrons. The fraction of sp³-hybridized carbons (Fsp3) is 0.519. The van der Waals surface area contributed by atoms with E-state index in [2.05, 4.69) is 45.4 Å². The zero-order valence-corrected chi connectivity index (χ0v) is 18.8. The molecular weight excluding hydrogens is 382 g/mol. The highest BCUT2D eigenvalue weighted by Crippen LogP contribution is 2.25. The maximum atomic E-state index is 12.8. The van der Waals surface area contributed by atoms with E-state index >= 15 is 0 Å². The molecule has 1 aliphatic heterocycles. The van der Waals surface area contributed by atoms with Crippen LogP contribution in [0.2, 0.25) is 0 Å². The number of amides is 1. The van der Waals surface area contributed by atoms with Crippen molar-refractivity contribution in [3.8, 4) is 0 Å². The Morgan fingerprint density at radius 3 is 2.35 bits per heavy atom. The first-order chi connectivity index (χ1) is 15.3. The number of rotatable bonds is 7. The van der Waals surface area contributed by atoms with E-state index in [0.717, 1.165) is 49.6 Å². The standard InChI is InChI=1S/C27H37N3O/c31-27(28-26-15-8-7-14-25(26)20-23-10-3-1-4-11-23)22-30-17-9-16-29(18-19-30)21-24-12-5-2-6-13-24/h1,3-4,7-8,10-11,14-15,24H,2,5-6,9,12-13,16-22H2,(H,28,31). The Bertz CT molecular complexity index is 816. The van der Waals surface area contributed by atoms with E-state index in [9.17, 15) is 4.79 Å². The summed E-state index contributed by atoms with van der Waals surface area (Å²) in [5.41, 5.74) is 3.36. The van der Waals surface area contributed by atoms with Gasteiger partial charge in [-0.15, -0.1) is 0 Å². The summed E-state index contributed by atoms with van der Waals surface area (Å²) in [6.07, 6.45) is 9.05. The summed E-state index contributed by atoms with van der Waals surface area (Å²) < 4.78 is 0. The van der Waals surface area contributed by atoms with Crippen LogP contribution in [0, 0.1) is 5.92 Å². The molecule has 1 aliphatic carbocycles. The topological polar surface area (TPSA) is 35.6 Å². The summed E-state index contributed by atoms with van der Waals surface area (Å²) in [5.74, 6) is 0.992. The number of anilines is 1. The van der Waals surface area contributed by atoms with Gasteiger partial charge in [0.2, 0.25) is 5.91 Å². The lowest BCUT2D eigenvalue weighted by Crippen LogP contribution is -2.37. The third-order valence-electron chi connectivity index (χ3n) is 6.82. The van der Waals surface area contributed by atoms with E-state index in [1.54, 1.807) is 0 Å². The van der Waals surface area contributed by atoms with Gasteiger partial charge < -0.3 is 10.2 Å². The van der Waals surface area contributed by atoms with Gasteiger partial charge in [-0.1, -0.05) is 67.8 Å². The quantitative estimate of drug-likeness (QED) is 0.700. The van der Waals surface area contributed by atoms with Crippen molar-refractivity contribution >= 4 is 11.6 Å². The van der Waals surface area contributed by atoms with Gasteiger partial charge in [0, 0.05) is 25.3 Å². The predicted molar refractivity (Wildman–Crippen MR) is 128 cm³/mol. The summed E-state index contributed by atoms with van der Waals surface area (Å²) in [4.78, 5) is 17.8. The van der Waals surface area contributed by atoms with Crippen LogP contribution in [0.1, 0.15) is 49.7 Å². The van der Waals surface area contributed by atoms with Crippen molar-refractivity contribution in [1.29, 1.82) is 0 Å². The molecule has 1 heterocycles. The molecular formula is C27H37N3O. The fourth-order valence-corrected chi connectivity index (χ4v) is 5.10. The molecule has 4 heteroatoms. The van der Waals surface area contributed by atoms with Gasteiger partial charge in [-0.2, -0.15) is 0 Å². The van der Waals surface area contributed by atoms with Gasteiger partial charge in [0.05, 0.1) is 6.54 Å². The van der Waals surface area contributed by atoms with Crippen LogP contribution in [-0.4, -0.2) is 55.0 Å². The number of hydrogen-bond acceptors (Lipinski definition) is 3. The van der Waals surface area contributed by atoms with E-state index in [1.807, 2.05) is 24.3 Å². The van der Waals surface area contributed by atoms with Gasteiger partial charge in [0.15, 0.2) is 0 Å². The van der Waals surface area contributed by atoms with Crippen LogP contribution in [0.25, 0.3) is 0 Å². The number of nitrogens with zero attached hydrogens (tertiary/aromatic N) is 2. The minimum absolute atomic E-state index is 0.0984. The number of benzene rings is 2. The third-order valence-corrected chi connectivity index (χ3v) is 6.82. The monoisotopic (exact) mass is 419 g/mol. The van der Waals surface area contributed by atoms with Gasteiger partial charge in [0.25, 0.3) is 0 Å². The number of carbonyl (C=O) groups is 1. The van der Waals surface area contributed by atoms with Crippen LogP contribution >= 0.6 is 0 Å². The molecule has 31 heavy (non-hydrogen) atoms. The lowest BCUT2D eigenvalue weighted by Gasteiger charge is -2.28. The molecule has 0 spiro atoms. The molecule has 166 valence electrons. The van der Waals surface area contributed by atoms with Gasteiger partial charge >= 0.3 is 0 Å². The van der Waals surface area contributed by atoms with E-state index < -0.39 is 0 Å². The molecule has 4 rings (SSSR count). The van der Waals surface area contributed by atoms with Gasteiger partial charge in [-0.25, -0.2) is 0 Å². The molecule has 0 unspecified atom stereocenters. The van der Waals surface area contributed by atoms with Crippen molar-refractivity contribution in [2.75, 3.05) is 44.6 Å². The Morgan fingerprint density at radius 2 is 1.52 bits per heavy atom. The van der Waals surface area contributed by atoms with Crippen LogP contribution in [-0.2, 0) is 11.2 Å². The zero-order valence-electron chi connectivity index (χ0n) is 18.8. The number of hydrogen-bond donors (Lipinski definition) is 1. The van der Waals surface area contributed by atoms with Gasteiger partial charge in [-0.3, -0.25) is 9.69 Å². The van der Waals surface area contributed by atoms with Crippen molar-refractivity contribution in [3.63, 3.8) is 0 Å². The highest BCUT2D eigenvalue weighted by molar-refractivity contribution is 5.93. The van der Waals surface area contributed by atoms with Crippen LogP contribution in [0.5, 0.6) is 0 Å². The first-order valence-electron chi connectivity index (χ1n) is 12.1. The lowest BCUT2D eigenvalue weighted by atomic mass is 9.89. The molecule has 4 nitrogen and oxygen atoms in total. The molecule has 1 saturated carbocycles. The largest absolute Gasteiger partial charge is 0.325 e. The van der Waals surface area contributed by atoms with E-state index in [0.29, 0.717) is 6.54 Å². The maximum Gasteiger partial charge on any atom is 0.238 e. The number of carbonyl (C=O) groups excluding carboxylic acids is 1. The summed E-state index contributed by atoms with van der Waals surface area (Å²) in [6.45, 7) is 6.01. The van der Waals surface area contributed by atoms with E-state index in [1.165, 1.54) is 50.8 Å². The molecule has 1 amide bonds. The minimum atomic E-state index is 0.0984. The van der Waals surface area contributed by atoms with Gasteiger partial charge in [-0.05, 0) is 61.9 Å². The lowest BCUT2D eigenvalue weighted by molar-refractivity contribution is -0.117. The van der Waals surface area contributed by atoms with Crippen LogP contribution in [0.3, 0.4) is 0 Å². The first kappa shape index (κ1) is 22.0. The average molecular weight is 420 g/mol. The van der Waals surface area contributed by atoms with Crippen molar-refractivity contribution in [1.82, 2.24) is 9.80 Å². The average Bonchev–Trinajstić information content (AvgIpc) is 3.01. The highest BCUT2D eigenvalue weighted by Gasteiger charge is 2.21. The molecule has 1 saturated heterocycles. The zero-order chi connectivity index (χ0) is 21.3. The van der Waals surface area contributed by atoms with Crippen molar-refractivity contribution < 1.29 is 4.79 Å². The summed E-state index contributed by atoms with van der Waals surface area (Å²) >= 11 is 0. The molecule has 0 atom stereocenters. The fourth-order valence-electron chi connectivity index (χ4n) is 5.10. The number of para-hydroxylation sites is 1. The van der Waals surface area contributed by atoms with E-state index in [4.69, 9.17) is 0 Å². The van der Waals surface area contributed by atoms with E-state index in [-0.39, 0.29) is 5.91 Å². The Morgan fingerprint density at radius 1 is 0.806 bits per heavy atom. The summed E-state index contributed by atoms with van der Waals surface area (Å²) in [5, 5.41) is 3.18. The Kier molecular flexibility index (Phi) is 8.14. The molecule has 2 aromatic carbocycles. The van der Waals surface area contributed by atoms with Gasteiger partial charge in [0.1, 0.15) is 0 Å². The second-order valence-electron chi connectivity index (χ2n) is 9.30. The smallest absolute Gasteiger partial charge is 0.238 e. The van der Waals surface area contributed by atoms with Crippen molar-refractivity contribution in [2.45, 2.75) is 44.9 Å². The third kappa shape index (κ3) is 6.91. The first-order valence-corrected chi connectivity index (χ1v) is 12.1. The summed E-state index contributed by atoms with van der Waals surface area (Å²) in [6, 6.07) is 18.6. The predicted octanol–water partition coefficient (Wildman–Crippen LogP) is 4.80. The minimum Gasteiger partial charge on any atom is -0.325 e. The second-order valence-corrected chi connectivity index (χ2v) is 9.30. The molecule has 2 aliphatic rings. The number of nitrogens with one attached hydrogen (secondary N) is 1. The molecule has 0 aromatic heterocycles. The summed E-state index contributed by atoms with van der Waals surface area (Å²) in [7, 11) is 0. The second kappa shape index (κ2) is 11.4. The van der Waals surface area contributed by atoms with Crippen molar-refractivity contribution in [2.24, 2.45) is 5.92 Å². The Labute approximate surface area is 187 Å². The Hall–Kier alpha value is -2.17. The SMILES string of the molecule is O=C(CN1CCCN(CC2CCCCC2)CC1)Nc1ccccc1Cc1ccccc1. The molecule has 2 fully saturated rings. The highest BCUT2D eigenvalue weighted by atomic mass is 16.2. The molecule has 1 N–H and O–H groups in total. The molecule has 0 bridgehead atoms. The normalized spacial score (nSPS) is 19.1. The molecule has 2 aromatic rings. The van der Waals surface area contributed by atoms with Crippen LogP contribution < -0.4 is 5.32 Å². The van der Waals surface area contributed by atoms with Crippen LogP contribution in [0.4, 0.5) is 5.69 Å². The van der Waals surface area contributed by atoms with Crippen LogP contribution in [0.15, 0.2) is 54.6 Å². The maximum absolute atomic E-state index is 12.8. The van der Waals surface area contributed by atoms with Crippen molar-refractivity contribution in [3.05, 3.63) is 65.7 Å². The Balaban J connectivity index is 1.27.